The molecule has 0 atom stereocenters. The molecule has 4 rings (SSSR count). The number of hydrogen-bond acceptors (Lipinski definition) is 5. The molecule has 1 aliphatic heterocycles. The van der Waals surface area contributed by atoms with Crippen LogP contribution in [0.5, 0.6) is 0 Å². The number of carbonyl (C=O) groups excluding carboxylic acids is 1. The first-order valence-corrected chi connectivity index (χ1v) is 10.4. The molecule has 0 spiro atoms. The van der Waals surface area contributed by atoms with Crippen molar-refractivity contribution in [3.63, 3.8) is 0 Å². The first-order valence-electron chi connectivity index (χ1n) is 10.4. The third-order valence-corrected chi connectivity index (χ3v) is 5.20. The molecule has 3 aromatic rings. The van der Waals surface area contributed by atoms with Crippen molar-refractivity contribution < 1.29 is 9.53 Å². The highest BCUT2D eigenvalue weighted by molar-refractivity contribution is 5.99. The van der Waals surface area contributed by atoms with E-state index < -0.39 is 0 Å². The highest BCUT2D eigenvalue weighted by atomic mass is 16.5. The monoisotopic (exact) mass is 405 g/mol. The molecule has 1 aliphatic rings. The molecule has 7 nitrogen and oxygen atoms in total. The van der Waals surface area contributed by atoms with E-state index in [0.29, 0.717) is 17.8 Å². The Morgan fingerprint density at radius 1 is 1.07 bits per heavy atom. The van der Waals surface area contributed by atoms with E-state index in [1.165, 1.54) is 0 Å². The van der Waals surface area contributed by atoms with Gasteiger partial charge >= 0.3 is 0 Å². The third kappa shape index (κ3) is 5.11. The predicted molar refractivity (Wildman–Crippen MR) is 116 cm³/mol. The van der Waals surface area contributed by atoms with E-state index in [9.17, 15) is 4.79 Å². The van der Waals surface area contributed by atoms with Crippen LogP contribution in [0.3, 0.4) is 0 Å². The Bertz CT molecular complexity index is 937. The maximum atomic E-state index is 12.9. The van der Waals surface area contributed by atoms with Crippen molar-refractivity contribution >= 4 is 5.91 Å². The Labute approximate surface area is 176 Å². The number of morpholine rings is 1. The van der Waals surface area contributed by atoms with Crippen LogP contribution in [0.4, 0.5) is 0 Å². The molecule has 1 saturated heterocycles. The number of unbranched alkanes of at least 4 members (excludes halogenated alkanes) is 1. The number of rotatable bonds is 8. The summed E-state index contributed by atoms with van der Waals surface area (Å²) in [5, 5.41) is 7.73. The molecule has 0 aliphatic carbocycles. The van der Waals surface area contributed by atoms with Crippen LogP contribution < -0.4 is 5.32 Å². The SMILES string of the molecule is O=C(NCCCCN1CCOCC1)c1cn(-c2ccccc2)nc1-c1cccnc1. The van der Waals surface area contributed by atoms with Gasteiger partial charge in [0.15, 0.2) is 0 Å². The van der Waals surface area contributed by atoms with Crippen LogP contribution >= 0.6 is 0 Å². The minimum atomic E-state index is -0.109. The third-order valence-electron chi connectivity index (χ3n) is 5.20. The number of hydrogen-bond donors (Lipinski definition) is 1. The van der Waals surface area contributed by atoms with Crippen molar-refractivity contribution in [1.82, 2.24) is 25.0 Å². The van der Waals surface area contributed by atoms with Crippen molar-refractivity contribution in [2.75, 3.05) is 39.4 Å². The second-order valence-corrected chi connectivity index (χ2v) is 7.33. The van der Waals surface area contributed by atoms with Crippen molar-refractivity contribution in [1.29, 1.82) is 0 Å². The largest absolute Gasteiger partial charge is 0.379 e. The van der Waals surface area contributed by atoms with Crippen LogP contribution in [-0.2, 0) is 4.74 Å². The number of para-hydroxylation sites is 1. The summed E-state index contributed by atoms with van der Waals surface area (Å²) >= 11 is 0. The molecule has 1 aromatic carbocycles. The van der Waals surface area contributed by atoms with Gasteiger partial charge in [-0.3, -0.25) is 14.7 Å². The molecule has 1 amide bonds. The maximum Gasteiger partial charge on any atom is 0.255 e. The summed E-state index contributed by atoms with van der Waals surface area (Å²) in [5.41, 5.74) is 2.93. The van der Waals surface area contributed by atoms with Crippen molar-refractivity contribution in [3.05, 3.63) is 66.6 Å². The second kappa shape index (κ2) is 10.1. The van der Waals surface area contributed by atoms with Gasteiger partial charge in [-0.1, -0.05) is 18.2 Å². The summed E-state index contributed by atoms with van der Waals surface area (Å²) in [6, 6.07) is 13.6. The van der Waals surface area contributed by atoms with Crippen LogP contribution in [0.25, 0.3) is 16.9 Å². The predicted octanol–water partition coefficient (Wildman–Crippen LogP) is 2.78. The molecule has 0 saturated carbocycles. The lowest BCUT2D eigenvalue weighted by atomic mass is 10.1. The lowest BCUT2D eigenvalue weighted by Crippen LogP contribution is -2.37. The Kier molecular flexibility index (Phi) is 6.84. The molecule has 30 heavy (non-hydrogen) atoms. The maximum absolute atomic E-state index is 12.9. The molecule has 1 fully saturated rings. The van der Waals surface area contributed by atoms with Crippen molar-refractivity contribution in [2.24, 2.45) is 0 Å². The second-order valence-electron chi connectivity index (χ2n) is 7.33. The van der Waals surface area contributed by atoms with Crippen molar-refractivity contribution in [2.45, 2.75) is 12.8 Å². The van der Waals surface area contributed by atoms with Gasteiger partial charge in [-0.25, -0.2) is 4.68 Å². The van der Waals surface area contributed by atoms with E-state index in [0.717, 1.165) is 56.9 Å². The van der Waals surface area contributed by atoms with Crippen LogP contribution in [0.1, 0.15) is 23.2 Å². The van der Waals surface area contributed by atoms with Gasteiger partial charge < -0.3 is 10.1 Å². The van der Waals surface area contributed by atoms with Crippen LogP contribution in [-0.4, -0.2) is 65.0 Å². The first kappa shape index (κ1) is 20.3. The van der Waals surface area contributed by atoms with E-state index in [2.05, 4.69) is 20.3 Å². The van der Waals surface area contributed by atoms with Gasteiger partial charge in [-0.05, 0) is 43.7 Å². The summed E-state index contributed by atoms with van der Waals surface area (Å²) in [6.07, 6.45) is 7.24. The normalized spacial score (nSPS) is 14.5. The summed E-state index contributed by atoms with van der Waals surface area (Å²) < 4.78 is 7.12. The zero-order valence-electron chi connectivity index (χ0n) is 17.0. The number of amides is 1. The van der Waals surface area contributed by atoms with E-state index in [1.54, 1.807) is 23.3 Å². The van der Waals surface area contributed by atoms with Gasteiger partial charge in [0.1, 0.15) is 5.69 Å². The minimum Gasteiger partial charge on any atom is -0.379 e. The molecule has 0 unspecified atom stereocenters. The standard InChI is InChI=1S/C23H27N5O2/c29-23(25-11-4-5-12-27-13-15-30-16-14-27)21-18-28(20-8-2-1-3-9-20)26-22(21)19-7-6-10-24-17-19/h1-3,6-10,17-18H,4-5,11-16H2,(H,25,29). The Morgan fingerprint density at radius 3 is 2.67 bits per heavy atom. The average molecular weight is 406 g/mol. The lowest BCUT2D eigenvalue weighted by molar-refractivity contribution is 0.0372. The number of pyridine rings is 1. The van der Waals surface area contributed by atoms with E-state index >= 15 is 0 Å². The Hall–Kier alpha value is -3.03. The fourth-order valence-electron chi connectivity index (χ4n) is 3.55. The van der Waals surface area contributed by atoms with E-state index in [4.69, 9.17) is 4.74 Å². The zero-order chi connectivity index (χ0) is 20.6. The molecule has 7 heteroatoms. The van der Waals surface area contributed by atoms with Crippen molar-refractivity contribution in [3.8, 4) is 16.9 Å². The fourth-order valence-corrected chi connectivity index (χ4v) is 3.55. The molecule has 0 radical (unpaired) electrons. The number of aromatic nitrogens is 3. The van der Waals surface area contributed by atoms with E-state index in [-0.39, 0.29) is 5.91 Å². The van der Waals surface area contributed by atoms with Crippen LogP contribution in [0.15, 0.2) is 61.1 Å². The number of ether oxygens (including phenoxy) is 1. The van der Waals surface area contributed by atoms with Gasteiger partial charge in [0, 0.05) is 43.8 Å². The zero-order valence-corrected chi connectivity index (χ0v) is 17.0. The number of carbonyl (C=O) groups is 1. The topological polar surface area (TPSA) is 72.3 Å². The highest BCUT2D eigenvalue weighted by Gasteiger charge is 2.18. The van der Waals surface area contributed by atoms with E-state index in [1.807, 2.05) is 42.5 Å². The molecule has 156 valence electrons. The Morgan fingerprint density at radius 2 is 1.90 bits per heavy atom. The molecule has 2 aromatic heterocycles. The van der Waals surface area contributed by atoms with Crippen LogP contribution in [0, 0.1) is 0 Å². The number of nitrogens with zero attached hydrogens (tertiary/aromatic N) is 4. The number of nitrogens with one attached hydrogen (secondary N) is 1. The molecule has 3 heterocycles. The highest BCUT2D eigenvalue weighted by Crippen LogP contribution is 2.23. The Balaban J connectivity index is 1.41. The first-order chi connectivity index (χ1) is 14.8. The number of benzene rings is 1. The molecule has 1 N–H and O–H groups in total. The van der Waals surface area contributed by atoms with Crippen LogP contribution in [0.2, 0.25) is 0 Å². The summed E-state index contributed by atoms with van der Waals surface area (Å²) in [4.78, 5) is 19.5. The summed E-state index contributed by atoms with van der Waals surface area (Å²) in [7, 11) is 0. The van der Waals surface area contributed by atoms with Gasteiger partial charge in [-0.15, -0.1) is 0 Å². The molecule has 0 bridgehead atoms. The fraction of sp³-hybridized carbons (Fsp3) is 0.348. The average Bonchev–Trinajstić information content (AvgIpc) is 3.26. The smallest absolute Gasteiger partial charge is 0.255 e. The lowest BCUT2D eigenvalue weighted by Gasteiger charge is -2.26. The summed E-state index contributed by atoms with van der Waals surface area (Å²) in [5.74, 6) is -0.109. The van der Waals surface area contributed by atoms with Gasteiger partial charge in [0.25, 0.3) is 5.91 Å². The van der Waals surface area contributed by atoms with Gasteiger partial charge in [-0.2, -0.15) is 5.10 Å². The van der Waals surface area contributed by atoms with Gasteiger partial charge in [0.2, 0.25) is 0 Å². The molecular weight excluding hydrogens is 378 g/mol. The van der Waals surface area contributed by atoms with Gasteiger partial charge in [0.05, 0.1) is 24.5 Å². The summed E-state index contributed by atoms with van der Waals surface area (Å²) in [6.45, 7) is 5.33. The molecular formula is C23H27N5O2. The minimum absolute atomic E-state index is 0.109. The quantitative estimate of drug-likeness (QED) is 0.584.